The number of hydrogen-bond donors (Lipinski definition) is 1. The Bertz CT molecular complexity index is 1420. The highest BCUT2D eigenvalue weighted by Crippen LogP contribution is 2.38. The Balaban J connectivity index is 1.38. The van der Waals surface area contributed by atoms with E-state index in [0.717, 1.165) is 16.9 Å². The van der Waals surface area contributed by atoms with E-state index in [9.17, 15) is 22.8 Å². The number of anilines is 1. The molecule has 3 aliphatic heterocycles. The van der Waals surface area contributed by atoms with Crippen LogP contribution in [0.15, 0.2) is 29.2 Å². The van der Waals surface area contributed by atoms with E-state index >= 15 is 0 Å². The molecule has 3 aliphatic rings. The van der Waals surface area contributed by atoms with Crippen molar-refractivity contribution < 1.29 is 32.3 Å². The number of carbonyl (C=O) groups excluding carboxylic acids is 3. The molecule has 5 rings (SSSR count). The number of amides is 3. The lowest BCUT2D eigenvalue weighted by atomic mass is 9.94. The van der Waals surface area contributed by atoms with Crippen LogP contribution in [0.3, 0.4) is 0 Å². The highest BCUT2D eigenvalue weighted by molar-refractivity contribution is 7.89. The van der Waals surface area contributed by atoms with E-state index in [-0.39, 0.29) is 34.8 Å². The van der Waals surface area contributed by atoms with E-state index in [1.807, 2.05) is 0 Å². The monoisotopic (exact) mass is 618 g/mol. The topological polar surface area (TPSA) is 126 Å². The number of ether oxygens (including phenoxy) is 2. The van der Waals surface area contributed by atoms with Crippen LogP contribution in [0.4, 0.5) is 9.80 Å². The zero-order valence-electron chi connectivity index (χ0n) is 24.3. The van der Waals surface area contributed by atoms with E-state index in [4.69, 9.17) is 9.47 Å². The van der Waals surface area contributed by atoms with Gasteiger partial charge in [0.05, 0.1) is 36.8 Å². The standard InChI is InChI=1S/C29H38N4O7S2/c1-4-40-29(36)32-10-9-23-24(18-32)41-27(25(23)28(35)31-11-13-39-14-12-31)30-26(34)21-5-7-22(8-6-21)42(37,38)33-16-19(2)15-20(3)17-33/h5-8,19-20H,4,9-18H2,1-3H3,(H,30,34). The molecule has 1 aromatic heterocycles. The van der Waals surface area contributed by atoms with Gasteiger partial charge in [0, 0.05) is 43.2 Å². The number of nitrogens with zero attached hydrogens (tertiary/aromatic N) is 3. The molecule has 0 radical (unpaired) electrons. The van der Waals surface area contributed by atoms with E-state index in [1.54, 1.807) is 16.7 Å². The van der Waals surface area contributed by atoms with Crippen LogP contribution >= 0.6 is 11.3 Å². The lowest BCUT2D eigenvalue weighted by molar-refractivity contribution is 0.0303. The molecule has 13 heteroatoms. The number of nitrogens with one attached hydrogen (secondary N) is 1. The van der Waals surface area contributed by atoms with Gasteiger partial charge in [-0.25, -0.2) is 13.2 Å². The summed E-state index contributed by atoms with van der Waals surface area (Å²) in [7, 11) is -3.68. The molecule has 2 saturated heterocycles. The molecule has 0 bridgehead atoms. The normalized spacial score (nSPS) is 21.5. The van der Waals surface area contributed by atoms with Crippen molar-refractivity contribution in [2.24, 2.45) is 11.8 Å². The lowest BCUT2D eigenvalue weighted by Crippen LogP contribution is -2.42. The maximum absolute atomic E-state index is 13.7. The number of rotatable bonds is 6. The molecule has 2 unspecified atom stereocenters. The van der Waals surface area contributed by atoms with Gasteiger partial charge in [-0.3, -0.25) is 9.59 Å². The van der Waals surface area contributed by atoms with Crippen LogP contribution in [0.25, 0.3) is 0 Å². The van der Waals surface area contributed by atoms with Crippen molar-refractivity contribution in [2.45, 2.75) is 45.1 Å². The number of sulfonamides is 1. The van der Waals surface area contributed by atoms with E-state index in [1.165, 1.54) is 39.9 Å². The number of morpholine rings is 1. The van der Waals surface area contributed by atoms with Gasteiger partial charge in [0.25, 0.3) is 11.8 Å². The predicted molar refractivity (Wildman–Crippen MR) is 158 cm³/mol. The van der Waals surface area contributed by atoms with Crippen molar-refractivity contribution in [2.75, 3.05) is 57.9 Å². The molecule has 2 aromatic rings. The highest BCUT2D eigenvalue weighted by atomic mass is 32.2. The first-order valence-corrected chi connectivity index (χ1v) is 16.7. The van der Waals surface area contributed by atoms with Gasteiger partial charge in [-0.2, -0.15) is 4.31 Å². The van der Waals surface area contributed by atoms with Crippen molar-refractivity contribution in [3.05, 3.63) is 45.8 Å². The largest absolute Gasteiger partial charge is 0.450 e. The fraction of sp³-hybridized carbons (Fsp3) is 0.552. The third kappa shape index (κ3) is 6.34. The van der Waals surface area contributed by atoms with Gasteiger partial charge in [-0.05, 0) is 61.4 Å². The zero-order chi connectivity index (χ0) is 30.0. The third-order valence-corrected chi connectivity index (χ3v) is 10.9. The van der Waals surface area contributed by atoms with Crippen LogP contribution in [-0.2, 0) is 32.5 Å². The summed E-state index contributed by atoms with van der Waals surface area (Å²) in [6.07, 6.45) is 1.05. The molecule has 0 saturated carbocycles. The first kappa shape index (κ1) is 30.5. The predicted octanol–water partition coefficient (Wildman–Crippen LogP) is 3.65. The number of benzene rings is 1. The van der Waals surface area contributed by atoms with Gasteiger partial charge in [-0.1, -0.05) is 13.8 Å². The zero-order valence-corrected chi connectivity index (χ0v) is 25.9. The van der Waals surface area contributed by atoms with Gasteiger partial charge in [-0.15, -0.1) is 11.3 Å². The highest BCUT2D eigenvalue weighted by Gasteiger charge is 2.34. The average molecular weight is 619 g/mol. The van der Waals surface area contributed by atoms with Crippen LogP contribution in [0, 0.1) is 11.8 Å². The van der Waals surface area contributed by atoms with Gasteiger partial charge in [0.2, 0.25) is 10.0 Å². The number of piperidine rings is 1. The molecule has 2 fully saturated rings. The van der Waals surface area contributed by atoms with Crippen LogP contribution < -0.4 is 5.32 Å². The average Bonchev–Trinajstić information content (AvgIpc) is 3.33. The summed E-state index contributed by atoms with van der Waals surface area (Å²) < 4.78 is 38.7. The number of hydrogen-bond acceptors (Lipinski definition) is 8. The first-order chi connectivity index (χ1) is 20.1. The van der Waals surface area contributed by atoms with E-state index < -0.39 is 22.0 Å². The van der Waals surface area contributed by atoms with Crippen molar-refractivity contribution in [1.29, 1.82) is 0 Å². The molecule has 1 N–H and O–H groups in total. The smallest absolute Gasteiger partial charge is 0.410 e. The Morgan fingerprint density at radius 2 is 1.69 bits per heavy atom. The van der Waals surface area contributed by atoms with Gasteiger partial charge in [0.15, 0.2) is 0 Å². The Morgan fingerprint density at radius 3 is 2.33 bits per heavy atom. The van der Waals surface area contributed by atoms with Crippen molar-refractivity contribution in [1.82, 2.24) is 14.1 Å². The minimum Gasteiger partial charge on any atom is -0.450 e. The second kappa shape index (κ2) is 12.7. The molecular formula is C29H38N4O7S2. The Kier molecular flexibility index (Phi) is 9.21. The van der Waals surface area contributed by atoms with E-state index in [0.29, 0.717) is 69.5 Å². The number of carbonyl (C=O) groups is 3. The van der Waals surface area contributed by atoms with Gasteiger partial charge >= 0.3 is 6.09 Å². The molecule has 11 nitrogen and oxygen atoms in total. The molecular weight excluding hydrogens is 580 g/mol. The molecule has 1 aromatic carbocycles. The van der Waals surface area contributed by atoms with Crippen molar-refractivity contribution in [3.8, 4) is 0 Å². The lowest BCUT2D eigenvalue weighted by Gasteiger charge is -2.34. The summed E-state index contributed by atoms with van der Waals surface area (Å²) in [6, 6.07) is 5.92. The molecule has 2 atom stereocenters. The van der Waals surface area contributed by atoms with Crippen LogP contribution in [0.2, 0.25) is 0 Å². The first-order valence-electron chi connectivity index (χ1n) is 14.4. The summed E-state index contributed by atoms with van der Waals surface area (Å²) in [5.74, 6) is -0.0639. The fourth-order valence-electron chi connectivity index (χ4n) is 5.92. The Morgan fingerprint density at radius 1 is 1.02 bits per heavy atom. The number of fused-ring (bicyclic) bond motifs is 1. The quantitative estimate of drug-likeness (QED) is 0.524. The molecule has 0 aliphatic carbocycles. The molecule has 3 amide bonds. The third-order valence-electron chi connectivity index (χ3n) is 7.91. The maximum atomic E-state index is 13.7. The van der Waals surface area contributed by atoms with Crippen molar-refractivity contribution in [3.63, 3.8) is 0 Å². The summed E-state index contributed by atoms with van der Waals surface area (Å²) in [5.41, 5.74) is 1.55. The van der Waals surface area contributed by atoms with Gasteiger partial charge in [0.1, 0.15) is 5.00 Å². The fourth-order valence-corrected chi connectivity index (χ4v) is 8.85. The van der Waals surface area contributed by atoms with Crippen LogP contribution in [0.5, 0.6) is 0 Å². The summed E-state index contributed by atoms with van der Waals surface area (Å²) in [4.78, 5) is 43.8. The van der Waals surface area contributed by atoms with Crippen molar-refractivity contribution >= 4 is 44.3 Å². The Hall–Kier alpha value is -3.00. The summed E-state index contributed by atoms with van der Waals surface area (Å²) >= 11 is 1.28. The summed E-state index contributed by atoms with van der Waals surface area (Å²) in [6.45, 7) is 9.58. The minimum absolute atomic E-state index is 0.147. The molecule has 42 heavy (non-hydrogen) atoms. The molecule has 228 valence electrons. The number of thiophene rings is 1. The molecule has 4 heterocycles. The second-order valence-corrected chi connectivity index (χ2v) is 14.3. The van der Waals surface area contributed by atoms with Crippen LogP contribution in [-0.4, -0.2) is 93.0 Å². The van der Waals surface area contributed by atoms with Crippen LogP contribution in [0.1, 0.15) is 58.3 Å². The van der Waals surface area contributed by atoms with Gasteiger partial charge < -0.3 is 24.6 Å². The SMILES string of the molecule is CCOC(=O)N1CCc2c(sc(NC(=O)c3ccc(S(=O)(=O)N4CC(C)CC(C)C4)cc3)c2C(=O)N2CCOCC2)C1. The second-order valence-electron chi connectivity index (χ2n) is 11.2. The van der Waals surface area contributed by atoms with E-state index in [2.05, 4.69) is 19.2 Å². The summed E-state index contributed by atoms with van der Waals surface area (Å²) in [5, 5.41) is 3.33. The molecule has 0 spiro atoms. The Labute approximate surface area is 250 Å². The maximum Gasteiger partial charge on any atom is 0.410 e. The minimum atomic E-state index is -3.68.